The summed E-state index contributed by atoms with van der Waals surface area (Å²) in [5, 5.41) is 10.4. The molecule has 160 valence electrons. The lowest BCUT2D eigenvalue weighted by molar-refractivity contribution is -0.170. The lowest BCUT2D eigenvalue weighted by Gasteiger charge is -2.48. The van der Waals surface area contributed by atoms with Gasteiger partial charge >= 0.3 is 0 Å². The second-order valence-electron chi connectivity index (χ2n) is 8.55. The van der Waals surface area contributed by atoms with Gasteiger partial charge in [-0.25, -0.2) is 0 Å². The van der Waals surface area contributed by atoms with Crippen LogP contribution in [0.25, 0.3) is 0 Å². The molecular weight excluding hydrogens is 382 g/mol. The Morgan fingerprint density at radius 1 is 0.967 bits per heavy atom. The molecule has 2 fully saturated rings. The number of benzene rings is 2. The molecule has 0 saturated carbocycles. The van der Waals surface area contributed by atoms with E-state index in [2.05, 4.69) is 0 Å². The smallest absolute Gasteiger partial charge is 0.253 e. The Morgan fingerprint density at radius 3 is 2.10 bits per heavy atom. The van der Waals surface area contributed by atoms with Crippen molar-refractivity contribution in [1.29, 1.82) is 0 Å². The molecule has 4 rings (SSSR count). The van der Waals surface area contributed by atoms with Gasteiger partial charge in [0.15, 0.2) is 0 Å². The predicted molar refractivity (Wildman–Crippen MR) is 113 cm³/mol. The molecule has 0 aromatic heterocycles. The number of amides is 1. The summed E-state index contributed by atoms with van der Waals surface area (Å²) in [6.45, 7) is 3.74. The zero-order valence-corrected chi connectivity index (χ0v) is 17.6. The summed E-state index contributed by atoms with van der Waals surface area (Å²) in [6.07, 6.45) is 2.82. The number of likely N-dealkylation sites (tertiary alicyclic amines) is 1. The van der Waals surface area contributed by atoms with E-state index < -0.39 is 5.60 Å². The van der Waals surface area contributed by atoms with E-state index in [-0.39, 0.29) is 11.5 Å². The van der Waals surface area contributed by atoms with Crippen molar-refractivity contribution in [2.75, 3.05) is 26.8 Å². The Kier molecular flexibility index (Phi) is 5.71. The first-order valence-corrected chi connectivity index (χ1v) is 10.5. The van der Waals surface area contributed by atoms with E-state index >= 15 is 0 Å². The maximum atomic E-state index is 12.9. The molecule has 1 spiro atoms. The first-order chi connectivity index (χ1) is 14.4. The summed E-state index contributed by atoms with van der Waals surface area (Å²) in [6, 6.07) is 14.6. The van der Waals surface area contributed by atoms with Gasteiger partial charge in [0.05, 0.1) is 24.9 Å². The Balaban J connectivity index is 1.35. The van der Waals surface area contributed by atoms with Crippen LogP contribution in [0.2, 0.25) is 0 Å². The van der Waals surface area contributed by atoms with Crippen molar-refractivity contribution in [1.82, 2.24) is 4.90 Å². The van der Waals surface area contributed by atoms with Crippen LogP contribution in [0.1, 0.15) is 43.0 Å². The summed E-state index contributed by atoms with van der Waals surface area (Å²) >= 11 is 0. The summed E-state index contributed by atoms with van der Waals surface area (Å²) in [7, 11) is 1.62. The van der Waals surface area contributed by atoms with Crippen LogP contribution in [0.3, 0.4) is 0 Å². The van der Waals surface area contributed by atoms with Gasteiger partial charge < -0.3 is 24.2 Å². The van der Waals surface area contributed by atoms with Crippen LogP contribution in [0.15, 0.2) is 48.5 Å². The fraction of sp³-hybridized carbons (Fsp3) is 0.458. The standard InChI is InChI=1S/C24H29NO5/c1-23(27)13-16-29-24(17-23)11-14-25(15-12-24)22(26)18-3-5-20(6-4-18)30-21-9-7-19(28-2)8-10-21/h3-10,27H,11-17H2,1-2H3. The van der Waals surface area contributed by atoms with Gasteiger partial charge in [-0.15, -0.1) is 0 Å². The maximum absolute atomic E-state index is 12.9. The molecule has 2 aliphatic heterocycles. The zero-order chi connectivity index (χ0) is 21.2. The van der Waals surface area contributed by atoms with Gasteiger partial charge in [0.1, 0.15) is 17.2 Å². The van der Waals surface area contributed by atoms with E-state index in [0.29, 0.717) is 49.6 Å². The third kappa shape index (κ3) is 4.60. The average molecular weight is 411 g/mol. The molecule has 0 aliphatic carbocycles. The van der Waals surface area contributed by atoms with E-state index in [0.717, 1.165) is 18.6 Å². The largest absolute Gasteiger partial charge is 0.497 e. The molecule has 2 aliphatic rings. The molecule has 0 radical (unpaired) electrons. The van der Waals surface area contributed by atoms with E-state index in [1.807, 2.05) is 48.2 Å². The van der Waals surface area contributed by atoms with Crippen LogP contribution in [-0.4, -0.2) is 53.9 Å². The molecule has 2 heterocycles. The highest BCUT2D eigenvalue weighted by molar-refractivity contribution is 5.94. The number of carbonyl (C=O) groups is 1. The van der Waals surface area contributed by atoms with Crippen LogP contribution in [0.4, 0.5) is 0 Å². The number of piperidine rings is 1. The van der Waals surface area contributed by atoms with Crippen molar-refractivity contribution < 1.29 is 24.1 Å². The van der Waals surface area contributed by atoms with Crippen molar-refractivity contribution in [3.05, 3.63) is 54.1 Å². The minimum absolute atomic E-state index is 0.0171. The minimum Gasteiger partial charge on any atom is -0.497 e. The maximum Gasteiger partial charge on any atom is 0.253 e. The second kappa shape index (κ2) is 8.28. The van der Waals surface area contributed by atoms with Crippen molar-refractivity contribution in [3.63, 3.8) is 0 Å². The summed E-state index contributed by atoms with van der Waals surface area (Å²) in [5.41, 5.74) is -0.330. The Labute approximate surface area is 177 Å². The lowest BCUT2D eigenvalue weighted by atomic mass is 9.78. The number of hydrogen-bond acceptors (Lipinski definition) is 5. The summed E-state index contributed by atoms with van der Waals surface area (Å²) < 4.78 is 17.0. The van der Waals surface area contributed by atoms with Gasteiger partial charge in [-0.1, -0.05) is 0 Å². The highest BCUT2D eigenvalue weighted by Gasteiger charge is 2.44. The van der Waals surface area contributed by atoms with E-state index in [9.17, 15) is 9.90 Å². The van der Waals surface area contributed by atoms with E-state index in [1.165, 1.54) is 0 Å². The number of aliphatic hydroxyl groups is 1. The minimum atomic E-state index is -0.676. The molecule has 1 unspecified atom stereocenters. The van der Waals surface area contributed by atoms with Crippen molar-refractivity contribution in [2.24, 2.45) is 0 Å². The quantitative estimate of drug-likeness (QED) is 0.823. The van der Waals surface area contributed by atoms with Gasteiger partial charge in [0.25, 0.3) is 5.91 Å². The molecule has 2 saturated heterocycles. The molecule has 1 amide bonds. The summed E-state index contributed by atoms with van der Waals surface area (Å²) in [4.78, 5) is 14.8. The SMILES string of the molecule is COc1ccc(Oc2ccc(C(=O)N3CCC4(CC3)CC(C)(O)CCO4)cc2)cc1. The third-order valence-corrected chi connectivity index (χ3v) is 6.11. The van der Waals surface area contributed by atoms with E-state index in [1.54, 1.807) is 19.2 Å². The van der Waals surface area contributed by atoms with Crippen LogP contribution in [-0.2, 0) is 4.74 Å². The molecule has 1 atom stereocenters. The van der Waals surface area contributed by atoms with Crippen LogP contribution in [0, 0.1) is 0 Å². The number of hydrogen-bond donors (Lipinski definition) is 1. The van der Waals surface area contributed by atoms with Gasteiger partial charge in [0.2, 0.25) is 0 Å². The monoisotopic (exact) mass is 411 g/mol. The van der Waals surface area contributed by atoms with Crippen LogP contribution < -0.4 is 9.47 Å². The van der Waals surface area contributed by atoms with E-state index in [4.69, 9.17) is 14.2 Å². The zero-order valence-electron chi connectivity index (χ0n) is 17.6. The molecule has 6 heteroatoms. The highest BCUT2D eigenvalue weighted by atomic mass is 16.5. The number of nitrogens with zero attached hydrogens (tertiary/aromatic N) is 1. The molecule has 30 heavy (non-hydrogen) atoms. The second-order valence-corrected chi connectivity index (χ2v) is 8.55. The van der Waals surface area contributed by atoms with Gasteiger partial charge in [-0.3, -0.25) is 4.79 Å². The molecular formula is C24H29NO5. The van der Waals surface area contributed by atoms with Crippen LogP contribution >= 0.6 is 0 Å². The Hall–Kier alpha value is -2.57. The number of methoxy groups -OCH3 is 1. The molecule has 2 aromatic carbocycles. The fourth-order valence-corrected chi connectivity index (χ4v) is 4.39. The molecule has 0 bridgehead atoms. The topological polar surface area (TPSA) is 68.2 Å². The van der Waals surface area contributed by atoms with Crippen molar-refractivity contribution in [2.45, 2.75) is 43.8 Å². The average Bonchev–Trinajstić information content (AvgIpc) is 2.74. The summed E-state index contributed by atoms with van der Waals surface area (Å²) in [5.74, 6) is 2.17. The molecule has 2 aromatic rings. The first-order valence-electron chi connectivity index (χ1n) is 10.5. The third-order valence-electron chi connectivity index (χ3n) is 6.11. The first kappa shape index (κ1) is 20.7. The molecule has 6 nitrogen and oxygen atoms in total. The molecule has 1 N–H and O–H groups in total. The normalized spacial score (nSPS) is 23.2. The van der Waals surface area contributed by atoms with Gasteiger partial charge in [0, 0.05) is 25.1 Å². The van der Waals surface area contributed by atoms with Crippen LogP contribution in [0.5, 0.6) is 17.2 Å². The predicted octanol–water partition coefficient (Wildman–Crippen LogP) is 4.02. The lowest BCUT2D eigenvalue weighted by Crippen LogP contribution is -2.54. The number of rotatable bonds is 4. The number of carbonyl (C=O) groups excluding carboxylic acids is 1. The van der Waals surface area contributed by atoms with Gasteiger partial charge in [-0.05, 0) is 74.7 Å². The fourth-order valence-electron chi connectivity index (χ4n) is 4.39. The Bertz CT molecular complexity index is 867. The number of ether oxygens (including phenoxy) is 3. The highest BCUT2D eigenvalue weighted by Crippen LogP contribution is 2.39. The van der Waals surface area contributed by atoms with Crippen molar-refractivity contribution >= 4 is 5.91 Å². The Morgan fingerprint density at radius 2 is 1.53 bits per heavy atom. The van der Waals surface area contributed by atoms with Crippen molar-refractivity contribution in [3.8, 4) is 17.2 Å². The van der Waals surface area contributed by atoms with Gasteiger partial charge in [-0.2, -0.15) is 0 Å².